The van der Waals surface area contributed by atoms with E-state index in [-0.39, 0.29) is 11.6 Å². The SMILES string of the molecule is CCCNC(c1cccc2ccncc12)C(C)(C)OC. The van der Waals surface area contributed by atoms with Crippen molar-refractivity contribution in [3.8, 4) is 0 Å². The Morgan fingerprint density at radius 3 is 2.80 bits per heavy atom. The molecule has 3 heteroatoms. The molecule has 0 bridgehead atoms. The van der Waals surface area contributed by atoms with Crippen molar-refractivity contribution in [2.24, 2.45) is 0 Å². The molecule has 0 amide bonds. The summed E-state index contributed by atoms with van der Waals surface area (Å²) in [5.74, 6) is 0. The number of rotatable bonds is 6. The second kappa shape index (κ2) is 6.33. The number of nitrogens with one attached hydrogen (secondary N) is 1. The number of methoxy groups -OCH3 is 1. The van der Waals surface area contributed by atoms with Crippen molar-refractivity contribution in [1.29, 1.82) is 0 Å². The van der Waals surface area contributed by atoms with Crippen molar-refractivity contribution in [3.05, 3.63) is 42.2 Å². The Morgan fingerprint density at radius 1 is 1.30 bits per heavy atom. The van der Waals surface area contributed by atoms with Crippen LogP contribution in [0.15, 0.2) is 36.7 Å². The molecule has 0 aliphatic rings. The monoisotopic (exact) mass is 272 g/mol. The van der Waals surface area contributed by atoms with Crippen LogP contribution in [0.4, 0.5) is 0 Å². The number of nitrogens with zero attached hydrogens (tertiary/aromatic N) is 1. The first-order valence-electron chi connectivity index (χ1n) is 7.21. The number of hydrogen-bond donors (Lipinski definition) is 1. The Labute approximate surface area is 121 Å². The summed E-state index contributed by atoms with van der Waals surface area (Å²) in [6.07, 6.45) is 4.87. The van der Waals surface area contributed by atoms with Crippen molar-refractivity contribution < 1.29 is 4.74 Å². The molecule has 1 N–H and O–H groups in total. The lowest BCUT2D eigenvalue weighted by Gasteiger charge is -2.35. The molecule has 3 nitrogen and oxygen atoms in total. The lowest BCUT2D eigenvalue weighted by molar-refractivity contribution is -0.0106. The van der Waals surface area contributed by atoms with Gasteiger partial charge < -0.3 is 10.1 Å². The van der Waals surface area contributed by atoms with Crippen molar-refractivity contribution in [2.45, 2.75) is 38.8 Å². The molecule has 0 radical (unpaired) electrons. The standard InChI is InChI=1S/C17H24N2O/c1-5-10-19-16(17(2,3)20-4)14-8-6-7-13-9-11-18-12-15(13)14/h6-9,11-12,16,19H,5,10H2,1-4H3. The number of hydrogen-bond acceptors (Lipinski definition) is 3. The van der Waals surface area contributed by atoms with Crippen LogP contribution in [-0.4, -0.2) is 24.2 Å². The third kappa shape index (κ3) is 3.00. The lowest BCUT2D eigenvalue weighted by atomic mass is 9.88. The van der Waals surface area contributed by atoms with Gasteiger partial charge in [-0.3, -0.25) is 4.98 Å². The van der Waals surface area contributed by atoms with E-state index in [1.807, 2.05) is 12.4 Å². The fourth-order valence-corrected chi connectivity index (χ4v) is 2.53. The molecule has 2 rings (SSSR count). The third-order valence-corrected chi connectivity index (χ3v) is 3.85. The molecule has 20 heavy (non-hydrogen) atoms. The number of ether oxygens (including phenoxy) is 1. The van der Waals surface area contributed by atoms with Crippen molar-refractivity contribution in [2.75, 3.05) is 13.7 Å². The van der Waals surface area contributed by atoms with E-state index in [2.05, 4.69) is 55.3 Å². The first-order chi connectivity index (χ1) is 9.60. The molecule has 0 fully saturated rings. The quantitative estimate of drug-likeness (QED) is 0.870. The zero-order valence-electron chi connectivity index (χ0n) is 12.8. The van der Waals surface area contributed by atoms with E-state index in [0.29, 0.717) is 0 Å². The summed E-state index contributed by atoms with van der Waals surface area (Å²) < 4.78 is 5.72. The fraction of sp³-hybridized carbons (Fsp3) is 0.471. The minimum atomic E-state index is -0.278. The van der Waals surface area contributed by atoms with Crippen LogP contribution in [0.3, 0.4) is 0 Å². The molecule has 0 aliphatic heterocycles. The topological polar surface area (TPSA) is 34.2 Å². The van der Waals surface area contributed by atoms with Gasteiger partial charge in [0.05, 0.1) is 11.6 Å². The molecular formula is C17H24N2O. The van der Waals surface area contributed by atoms with Crippen LogP contribution in [0.5, 0.6) is 0 Å². The summed E-state index contributed by atoms with van der Waals surface area (Å²) in [6, 6.07) is 8.58. The Hall–Kier alpha value is -1.45. The highest BCUT2D eigenvalue weighted by Gasteiger charge is 2.31. The molecule has 2 aromatic rings. The normalized spacial score (nSPS) is 13.6. The van der Waals surface area contributed by atoms with Gasteiger partial charge >= 0.3 is 0 Å². The van der Waals surface area contributed by atoms with Gasteiger partial charge in [0.1, 0.15) is 0 Å². The van der Waals surface area contributed by atoms with E-state index in [1.165, 1.54) is 16.3 Å². The zero-order valence-corrected chi connectivity index (χ0v) is 12.8. The van der Waals surface area contributed by atoms with Crippen LogP contribution >= 0.6 is 0 Å². The first kappa shape index (κ1) is 14.9. The zero-order chi connectivity index (χ0) is 14.6. The second-order valence-electron chi connectivity index (χ2n) is 5.64. The molecule has 1 atom stereocenters. The maximum absolute atomic E-state index is 5.72. The van der Waals surface area contributed by atoms with Gasteiger partial charge in [-0.2, -0.15) is 0 Å². The minimum Gasteiger partial charge on any atom is -0.377 e. The van der Waals surface area contributed by atoms with Gasteiger partial charge in [-0.05, 0) is 43.8 Å². The fourth-order valence-electron chi connectivity index (χ4n) is 2.53. The summed E-state index contributed by atoms with van der Waals surface area (Å²) in [6.45, 7) is 7.38. The summed E-state index contributed by atoms with van der Waals surface area (Å²) in [5.41, 5.74) is 0.968. The van der Waals surface area contributed by atoms with E-state index in [4.69, 9.17) is 4.74 Å². The molecule has 0 saturated carbocycles. The van der Waals surface area contributed by atoms with E-state index in [9.17, 15) is 0 Å². The van der Waals surface area contributed by atoms with E-state index >= 15 is 0 Å². The third-order valence-electron chi connectivity index (χ3n) is 3.85. The van der Waals surface area contributed by atoms with Gasteiger partial charge in [0.25, 0.3) is 0 Å². The van der Waals surface area contributed by atoms with Crippen molar-refractivity contribution >= 4 is 10.8 Å². The maximum atomic E-state index is 5.72. The Kier molecular flexibility index (Phi) is 4.73. The number of benzene rings is 1. The van der Waals surface area contributed by atoms with Crippen LogP contribution in [0.25, 0.3) is 10.8 Å². The first-order valence-corrected chi connectivity index (χ1v) is 7.21. The van der Waals surface area contributed by atoms with E-state index in [1.54, 1.807) is 7.11 Å². The molecule has 0 saturated heterocycles. The van der Waals surface area contributed by atoms with Gasteiger partial charge in [0.15, 0.2) is 0 Å². The lowest BCUT2D eigenvalue weighted by Crippen LogP contribution is -2.41. The Balaban J connectivity index is 2.50. The van der Waals surface area contributed by atoms with Crippen LogP contribution in [-0.2, 0) is 4.74 Å². The summed E-state index contributed by atoms with van der Waals surface area (Å²) in [5, 5.41) is 6.02. The van der Waals surface area contributed by atoms with E-state index < -0.39 is 0 Å². The summed E-state index contributed by atoms with van der Waals surface area (Å²) in [4.78, 5) is 4.28. The molecule has 1 unspecified atom stereocenters. The highest BCUT2D eigenvalue weighted by Crippen LogP contribution is 2.32. The van der Waals surface area contributed by atoms with Gasteiger partial charge in [-0.1, -0.05) is 25.1 Å². The summed E-state index contributed by atoms with van der Waals surface area (Å²) >= 11 is 0. The molecule has 0 spiro atoms. The van der Waals surface area contributed by atoms with E-state index in [0.717, 1.165) is 13.0 Å². The molecule has 1 aromatic heterocycles. The van der Waals surface area contributed by atoms with Gasteiger partial charge in [0.2, 0.25) is 0 Å². The second-order valence-corrected chi connectivity index (χ2v) is 5.64. The summed E-state index contributed by atoms with van der Waals surface area (Å²) in [7, 11) is 1.77. The van der Waals surface area contributed by atoms with Crippen LogP contribution in [0.1, 0.15) is 38.8 Å². The molecular weight excluding hydrogens is 248 g/mol. The maximum Gasteiger partial charge on any atom is 0.0816 e. The molecule has 0 aliphatic carbocycles. The highest BCUT2D eigenvalue weighted by atomic mass is 16.5. The largest absolute Gasteiger partial charge is 0.377 e. The van der Waals surface area contributed by atoms with Crippen LogP contribution in [0.2, 0.25) is 0 Å². The smallest absolute Gasteiger partial charge is 0.0816 e. The predicted octanol–water partition coefficient (Wildman–Crippen LogP) is 3.70. The number of pyridine rings is 1. The molecule has 1 aromatic carbocycles. The predicted molar refractivity (Wildman–Crippen MR) is 83.9 cm³/mol. The Bertz CT molecular complexity index is 560. The van der Waals surface area contributed by atoms with Gasteiger partial charge in [-0.25, -0.2) is 0 Å². The van der Waals surface area contributed by atoms with Crippen molar-refractivity contribution in [3.63, 3.8) is 0 Å². The van der Waals surface area contributed by atoms with Crippen LogP contribution < -0.4 is 5.32 Å². The molecule has 108 valence electrons. The Morgan fingerprint density at radius 2 is 2.10 bits per heavy atom. The van der Waals surface area contributed by atoms with Crippen LogP contribution in [0, 0.1) is 0 Å². The average molecular weight is 272 g/mol. The molecule has 1 heterocycles. The number of fused-ring (bicyclic) bond motifs is 1. The van der Waals surface area contributed by atoms with Crippen molar-refractivity contribution in [1.82, 2.24) is 10.3 Å². The highest BCUT2D eigenvalue weighted by molar-refractivity contribution is 5.85. The van der Waals surface area contributed by atoms with Gasteiger partial charge in [-0.15, -0.1) is 0 Å². The minimum absolute atomic E-state index is 0.139. The number of aromatic nitrogens is 1. The average Bonchev–Trinajstić information content (AvgIpc) is 2.47. The van der Waals surface area contributed by atoms with Gasteiger partial charge in [0, 0.05) is 24.9 Å².